The highest BCUT2D eigenvalue weighted by molar-refractivity contribution is 8.03. The monoisotopic (exact) mass is 352 g/mol. The molecule has 0 amide bonds. The maximum absolute atomic E-state index is 12.3. The minimum Gasteiger partial charge on any atom is -0.353 e. The van der Waals surface area contributed by atoms with Crippen molar-refractivity contribution < 1.29 is 4.79 Å². The molecule has 1 aliphatic heterocycles. The van der Waals surface area contributed by atoms with Crippen LogP contribution >= 0.6 is 11.8 Å². The third kappa shape index (κ3) is 4.24. The Balaban J connectivity index is 2.54. The van der Waals surface area contributed by atoms with Gasteiger partial charge in [0.15, 0.2) is 5.78 Å². The normalized spacial score (nSPS) is 17.6. The predicted molar refractivity (Wildman–Crippen MR) is 105 cm³/mol. The molecule has 0 saturated carbocycles. The lowest BCUT2D eigenvalue weighted by atomic mass is 9.81. The second-order valence-electron chi connectivity index (χ2n) is 5.98. The van der Waals surface area contributed by atoms with Crippen LogP contribution in [0, 0.1) is 11.3 Å². The number of rotatable bonds is 6. The quantitative estimate of drug-likeness (QED) is 0.744. The maximum Gasteiger partial charge on any atom is 0.158 e. The van der Waals surface area contributed by atoms with Crippen LogP contribution in [0.2, 0.25) is 0 Å². The summed E-state index contributed by atoms with van der Waals surface area (Å²) in [4.78, 5) is 12.3. The van der Waals surface area contributed by atoms with Crippen molar-refractivity contribution in [2.45, 2.75) is 40.0 Å². The Morgan fingerprint density at radius 1 is 1.36 bits per heavy atom. The van der Waals surface area contributed by atoms with Gasteiger partial charge in [-0.25, -0.2) is 0 Å². The number of nitrogens with one attached hydrogen (secondary N) is 1. The summed E-state index contributed by atoms with van der Waals surface area (Å²) in [5.74, 6) is 0.483. The first-order chi connectivity index (χ1) is 12.0. The number of thioether (sulfide) groups is 1. The fraction of sp³-hybridized carbons (Fsp3) is 0.333. The number of benzene rings is 1. The van der Waals surface area contributed by atoms with Gasteiger partial charge in [0.05, 0.1) is 22.6 Å². The second-order valence-corrected chi connectivity index (χ2v) is 7.01. The molecular weight excluding hydrogens is 328 g/mol. The van der Waals surface area contributed by atoms with Gasteiger partial charge in [-0.15, -0.1) is 11.8 Å². The number of carbonyl (C=O) groups excluding carboxylic acids is 1. The van der Waals surface area contributed by atoms with Gasteiger partial charge in [-0.05, 0) is 38.3 Å². The average Bonchev–Trinajstić information content (AvgIpc) is 2.61. The number of nitriles is 1. The van der Waals surface area contributed by atoms with Crippen molar-refractivity contribution in [2.24, 2.45) is 0 Å². The SMILES string of the molecule is C/C=C/CSC1=C(C#N)[C@@H](c2ccc(CC)cc2)C(C(C)=O)=C(C)N1. The second kappa shape index (κ2) is 8.73. The molecule has 3 nitrogen and oxygen atoms in total. The van der Waals surface area contributed by atoms with Gasteiger partial charge < -0.3 is 5.32 Å². The molecule has 0 spiro atoms. The van der Waals surface area contributed by atoms with Crippen LogP contribution in [0.4, 0.5) is 0 Å². The molecule has 0 bridgehead atoms. The van der Waals surface area contributed by atoms with E-state index >= 15 is 0 Å². The van der Waals surface area contributed by atoms with E-state index in [-0.39, 0.29) is 11.7 Å². The molecule has 1 aliphatic rings. The van der Waals surface area contributed by atoms with Crippen molar-refractivity contribution in [1.82, 2.24) is 5.32 Å². The number of hydrogen-bond donors (Lipinski definition) is 1. The van der Waals surface area contributed by atoms with E-state index < -0.39 is 0 Å². The summed E-state index contributed by atoms with van der Waals surface area (Å²) >= 11 is 1.59. The molecule has 0 saturated heterocycles. The zero-order valence-corrected chi connectivity index (χ0v) is 16.0. The summed E-state index contributed by atoms with van der Waals surface area (Å²) in [6.07, 6.45) is 5.01. The van der Waals surface area contributed by atoms with Gasteiger partial charge in [-0.2, -0.15) is 5.26 Å². The molecule has 1 atom stereocenters. The molecule has 0 unspecified atom stereocenters. The van der Waals surface area contributed by atoms with Gasteiger partial charge in [0.1, 0.15) is 0 Å². The van der Waals surface area contributed by atoms with E-state index in [1.165, 1.54) is 5.56 Å². The first-order valence-corrected chi connectivity index (χ1v) is 9.47. The molecule has 1 aromatic rings. The van der Waals surface area contributed by atoms with Crippen LogP contribution in [0.5, 0.6) is 0 Å². The molecule has 4 heteroatoms. The number of aryl methyl sites for hydroxylation is 1. The Bertz CT molecular complexity index is 779. The van der Waals surface area contributed by atoms with Crippen LogP contribution in [-0.4, -0.2) is 11.5 Å². The highest BCUT2D eigenvalue weighted by Gasteiger charge is 2.32. The Morgan fingerprint density at radius 2 is 2.04 bits per heavy atom. The zero-order chi connectivity index (χ0) is 18.4. The summed E-state index contributed by atoms with van der Waals surface area (Å²) in [7, 11) is 0. The summed E-state index contributed by atoms with van der Waals surface area (Å²) in [5.41, 5.74) is 4.36. The van der Waals surface area contributed by atoms with Crippen molar-refractivity contribution in [3.63, 3.8) is 0 Å². The van der Waals surface area contributed by atoms with Gasteiger partial charge in [-0.1, -0.05) is 43.3 Å². The molecule has 1 N–H and O–H groups in total. The highest BCUT2D eigenvalue weighted by Crippen LogP contribution is 2.40. The predicted octanol–water partition coefficient (Wildman–Crippen LogP) is 4.84. The lowest BCUT2D eigenvalue weighted by molar-refractivity contribution is -0.113. The minimum absolute atomic E-state index is 0.000165. The molecule has 25 heavy (non-hydrogen) atoms. The molecule has 1 heterocycles. The first kappa shape index (κ1) is 19.1. The molecule has 2 rings (SSSR count). The van der Waals surface area contributed by atoms with Crippen molar-refractivity contribution in [3.05, 3.63) is 69.4 Å². The standard InChI is InChI=1S/C21H24N2OS/c1-5-7-12-25-21-18(13-22)20(19(15(4)24)14(3)23-21)17-10-8-16(6-2)9-11-17/h5,7-11,20,23H,6,12H2,1-4H3/b7-5+/t20-/m1/s1. The van der Waals surface area contributed by atoms with Crippen LogP contribution < -0.4 is 5.32 Å². The molecule has 0 fully saturated rings. The molecule has 130 valence electrons. The smallest absolute Gasteiger partial charge is 0.158 e. The first-order valence-electron chi connectivity index (χ1n) is 8.49. The van der Waals surface area contributed by atoms with Crippen molar-refractivity contribution in [2.75, 3.05) is 5.75 Å². The number of allylic oxidation sites excluding steroid dienone is 4. The lowest BCUT2D eigenvalue weighted by Crippen LogP contribution is -2.27. The number of ketones is 1. The molecule has 0 aliphatic carbocycles. The van der Waals surface area contributed by atoms with Gasteiger partial charge in [0.25, 0.3) is 0 Å². The Morgan fingerprint density at radius 3 is 2.56 bits per heavy atom. The largest absolute Gasteiger partial charge is 0.353 e. The van der Waals surface area contributed by atoms with Gasteiger partial charge in [0, 0.05) is 17.0 Å². The van der Waals surface area contributed by atoms with E-state index in [0.29, 0.717) is 11.1 Å². The van der Waals surface area contributed by atoms with E-state index in [1.807, 2.05) is 32.1 Å². The Kier molecular flexibility index (Phi) is 6.66. The third-order valence-electron chi connectivity index (χ3n) is 4.31. The molecule has 0 aromatic heterocycles. The van der Waals surface area contributed by atoms with E-state index in [0.717, 1.165) is 28.5 Å². The van der Waals surface area contributed by atoms with Crippen LogP contribution in [0.15, 0.2) is 58.3 Å². The highest BCUT2D eigenvalue weighted by atomic mass is 32.2. The summed E-state index contributed by atoms with van der Waals surface area (Å²) in [6, 6.07) is 10.6. The number of carbonyl (C=O) groups is 1. The Hall–Kier alpha value is -2.25. The van der Waals surface area contributed by atoms with Gasteiger partial charge in [0.2, 0.25) is 0 Å². The number of nitrogens with zero attached hydrogens (tertiary/aromatic N) is 1. The number of dihydropyridines is 1. The lowest BCUT2D eigenvalue weighted by Gasteiger charge is -2.29. The van der Waals surface area contributed by atoms with Crippen LogP contribution in [0.1, 0.15) is 44.7 Å². The van der Waals surface area contributed by atoms with Crippen LogP contribution in [-0.2, 0) is 11.2 Å². The van der Waals surface area contributed by atoms with Crippen molar-refractivity contribution in [1.29, 1.82) is 5.26 Å². The van der Waals surface area contributed by atoms with Crippen LogP contribution in [0.3, 0.4) is 0 Å². The third-order valence-corrected chi connectivity index (χ3v) is 5.28. The summed E-state index contributed by atoms with van der Waals surface area (Å²) in [5, 5.41) is 13.9. The number of hydrogen-bond acceptors (Lipinski definition) is 4. The van der Waals surface area contributed by atoms with E-state index in [4.69, 9.17) is 0 Å². The number of Topliss-reactive ketones (excluding diaryl/α,β-unsaturated/α-hetero) is 1. The van der Waals surface area contributed by atoms with Crippen LogP contribution in [0.25, 0.3) is 0 Å². The molecule has 0 radical (unpaired) electrons. The summed E-state index contributed by atoms with van der Waals surface area (Å²) < 4.78 is 0. The van der Waals surface area contributed by atoms with Gasteiger partial charge in [-0.3, -0.25) is 4.79 Å². The topological polar surface area (TPSA) is 52.9 Å². The van der Waals surface area contributed by atoms with E-state index in [1.54, 1.807) is 18.7 Å². The zero-order valence-electron chi connectivity index (χ0n) is 15.2. The minimum atomic E-state index is -0.303. The molecular formula is C21H24N2OS. The maximum atomic E-state index is 12.3. The fourth-order valence-corrected chi connectivity index (χ4v) is 4.00. The molecule has 1 aromatic carbocycles. The van der Waals surface area contributed by atoms with E-state index in [9.17, 15) is 10.1 Å². The van der Waals surface area contributed by atoms with E-state index in [2.05, 4.69) is 36.5 Å². The Labute approximate surface area is 154 Å². The van der Waals surface area contributed by atoms with Crippen molar-refractivity contribution >= 4 is 17.5 Å². The summed E-state index contributed by atoms with van der Waals surface area (Å²) in [6.45, 7) is 7.57. The fourth-order valence-electron chi connectivity index (χ4n) is 3.00. The van der Waals surface area contributed by atoms with Gasteiger partial charge >= 0.3 is 0 Å². The average molecular weight is 353 g/mol. The van der Waals surface area contributed by atoms with Crippen molar-refractivity contribution in [3.8, 4) is 6.07 Å².